The van der Waals surface area contributed by atoms with Crippen LogP contribution in [-0.4, -0.2) is 15.7 Å². The highest BCUT2D eigenvalue weighted by Crippen LogP contribution is 2.24. The Kier molecular flexibility index (Phi) is 3.79. The van der Waals surface area contributed by atoms with E-state index >= 15 is 0 Å². The van der Waals surface area contributed by atoms with Gasteiger partial charge in [-0.2, -0.15) is 5.10 Å². The molecule has 3 N–H and O–H groups in total. The third-order valence-electron chi connectivity index (χ3n) is 3.55. The number of hydrogen-bond donors (Lipinski definition) is 2. The first kappa shape index (κ1) is 14.1. The molecule has 5 nitrogen and oxygen atoms in total. The predicted molar refractivity (Wildman–Crippen MR) is 78.9 cm³/mol. The molecule has 0 saturated heterocycles. The van der Waals surface area contributed by atoms with Crippen LogP contribution in [0.1, 0.15) is 25.1 Å². The highest BCUT2D eigenvalue weighted by Gasteiger charge is 2.29. The number of nitrogens with zero attached hydrogens (tertiary/aromatic N) is 2. The van der Waals surface area contributed by atoms with Crippen molar-refractivity contribution in [2.45, 2.75) is 25.8 Å². The van der Waals surface area contributed by atoms with E-state index in [1.807, 2.05) is 51.2 Å². The largest absolute Gasteiger partial charge is 0.399 e. The van der Waals surface area contributed by atoms with Gasteiger partial charge in [0.15, 0.2) is 0 Å². The van der Waals surface area contributed by atoms with E-state index in [0.29, 0.717) is 12.2 Å². The number of carbonyl (C=O) groups is 1. The normalized spacial score (nSPS) is 11.3. The lowest BCUT2D eigenvalue weighted by Gasteiger charge is -2.24. The third-order valence-corrected chi connectivity index (χ3v) is 3.55. The Hall–Kier alpha value is -2.30. The van der Waals surface area contributed by atoms with Crippen LogP contribution in [0, 0.1) is 0 Å². The van der Waals surface area contributed by atoms with Gasteiger partial charge >= 0.3 is 0 Å². The van der Waals surface area contributed by atoms with Crippen molar-refractivity contribution >= 4 is 11.6 Å². The van der Waals surface area contributed by atoms with Crippen molar-refractivity contribution < 1.29 is 4.79 Å². The summed E-state index contributed by atoms with van der Waals surface area (Å²) in [5.41, 5.74) is 7.67. The lowest BCUT2D eigenvalue weighted by Crippen LogP contribution is -2.40. The summed E-state index contributed by atoms with van der Waals surface area (Å²) in [6, 6.07) is 9.28. The highest BCUT2D eigenvalue weighted by atomic mass is 16.2. The van der Waals surface area contributed by atoms with Gasteiger partial charge in [-0.25, -0.2) is 0 Å². The first-order chi connectivity index (χ1) is 9.41. The zero-order valence-electron chi connectivity index (χ0n) is 12.1. The van der Waals surface area contributed by atoms with E-state index < -0.39 is 5.41 Å². The molecule has 0 saturated carbocycles. The van der Waals surface area contributed by atoms with Crippen LogP contribution >= 0.6 is 0 Å². The van der Waals surface area contributed by atoms with Gasteiger partial charge in [-0.15, -0.1) is 0 Å². The predicted octanol–water partition coefficient (Wildman–Crippen LogP) is 1.60. The molecular weight excluding hydrogens is 252 g/mol. The smallest absolute Gasteiger partial charge is 0.230 e. The van der Waals surface area contributed by atoms with Crippen LogP contribution in [0.2, 0.25) is 0 Å². The fraction of sp³-hybridized carbons (Fsp3) is 0.333. The van der Waals surface area contributed by atoms with Crippen molar-refractivity contribution in [1.29, 1.82) is 0 Å². The van der Waals surface area contributed by atoms with Gasteiger partial charge in [0.05, 0.1) is 17.7 Å². The molecule has 106 valence electrons. The van der Waals surface area contributed by atoms with E-state index in [2.05, 4.69) is 10.4 Å². The SMILES string of the molecule is Cn1nccc1CNC(=O)C(C)(C)c1ccc(N)cc1. The molecule has 0 spiro atoms. The number of hydrogen-bond acceptors (Lipinski definition) is 3. The Morgan fingerprint density at radius 3 is 2.50 bits per heavy atom. The topological polar surface area (TPSA) is 72.9 Å². The molecule has 0 aliphatic heterocycles. The molecule has 0 bridgehead atoms. The number of nitrogens with one attached hydrogen (secondary N) is 1. The summed E-state index contributed by atoms with van der Waals surface area (Å²) in [6.45, 7) is 4.27. The minimum atomic E-state index is -0.605. The molecule has 0 aliphatic carbocycles. The second-order valence-corrected chi connectivity index (χ2v) is 5.38. The summed E-state index contributed by atoms with van der Waals surface area (Å²) in [7, 11) is 1.85. The van der Waals surface area contributed by atoms with Crippen LogP contribution in [0.15, 0.2) is 36.5 Å². The molecule has 0 fully saturated rings. The standard InChI is InChI=1S/C15H20N4O/c1-15(2,11-4-6-12(16)7-5-11)14(20)17-10-13-8-9-18-19(13)3/h4-9H,10,16H2,1-3H3,(H,17,20). The molecule has 2 rings (SSSR count). The van der Waals surface area contributed by atoms with Crippen molar-refractivity contribution in [2.75, 3.05) is 5.73 Å². The van der Waals surface area contributed by atoms with Crippen LogP contribution in [0.25, 0.3) is 0 Å². The summed E-state index contributed by atoms with van der Waals surface area (Å²) in [6.07, 6.45) is 1.71. The maximum absolute atomic E-state index is 12.4. The van der Waals surface area contributed by atoms with Crippen molar-refractivity contribution in [2.24, 2.45) is 7.05 Å². The average Bonchev–Trinajstić information content (AvgIpc) is 2.82. The van der Waals surface area contributed by atoms with Crippen molar-refractivity contribution in [3.8, 4) is 0 Å². The van der Waals surface area contributed by atoms with Gasteiger partial charge in [-0.1, -0.05) is 12.1 Å². The second kappa shape index (κ2) is 5.36. The van der Waals surface area contributed by atoms with Crippen LogP contribution in [0.5, 0.6) is 0 Å². The van der Waals surface area contributed by atoms with Gasteiger partial charge in [0, 0.05) is 18.9 Å². The number of benzene rings is 1. The molecule has 1 aromatic heterocycles. The first-order valence-electron chi connectivity index (χ1n) is 6.52. The number of carbonyl (C=O) groups excluding carboxylic acids is 1. The molecule has 0 atom stereocenters. The Bertz CT molecular complexity index is 599. The highest BCUT2D eigenvalue weighted by molar-refractivity contribution is 5.87. The summed E-state index contributed by atoms with van der Waals surface area (Å²) < 4.78 is 1.75. The molecule has 1 aromatic carbocycles. The van der Waals surface area contributed by atoms with Crippen LogP contribution in [0.3, 0.4) is 0 Å². The number of rotatable bonds is 4. The van der Waals surface area contributed by atoms with E-state index in [4.69, 9.17) is 5.73 Å². The molecule has 1 amide bonds. The summed E-state index contributed by atoms with van der Waals surface area (Å²) >= 11 is 0. The Morgan fingerprint density at radius 1 is 1.30 bits per heavy atom. The van der Waals surface area contributed by atoms with Gasteiger partial charge in [-0.05, 0) is 37.6 Å². The van der Waals surface area contributed by atoms with Crippen molar-refractivity contribution in [1.82, 2.24) is 15.1 Å². The van der Waals surface area contributed by atoms with Crippen LogP contribution in [0.4, 0.5) is 5.69 Å². The zero-order valence-corrected chi connectivity index (χ0v) is 12.1. The number of aryl methyl sites for hydroxylation is 1. The minimum Gasteiger partial charge on any atom is -0.399 e. The number of aromatic nitrogens is 2. The molecule has 5 heteroatoms. The average molecular weight is 272 g/mol. The molecule has 2 aromatic rings. The summed E-state index contributed by atoms with van der Waals surface area (Å²) in [4.78, 5) is 12.4. The Balaban J connectivity index is 2.07. The molecule has 0 unspecified atom stereocenters. The van der Waals surface area contributed by atoms with Crippen molar-refractivity contribution in [3.63, 3.8) is 0 Å². The molecule has 20 heavy (non-hydrogen) atoms. The fourth-order valence-electron chi connectivity index (χ4n) is 2.00. The maximum Gasteiger partial charge on any atom is 0.230 e. The van der Waals surface area contributed by atoms with E-state index in [9.17, 15) is 4.79 Å². The quantitative estimate of drug-likeness (QED) is 0.830. The van der Waals surface area contributed by atoms with Gasteiger partial charge in [0.1, 0.15) is 0 Å². The van der Waals surface area contributed by atoms with E-state index in [0.717, 1.165) is 11.3 Å². The van der Waals surface area contributed by atoms with Crippen LogP contribution < -0.4 is 11.1 Å². The lowest BCUT2D eigenvalue weighted by atomic mass is 9.83. The second-order valence-electron chi connectivity index (χ2n) is 5.38. The Labute approximate surface area is 118 Å². The van der Waals surface area contributed by atoms with E-state index in [1.54, 1.807) is 10.9 Å². The van der Waals surface area contributed by atoms with E-state index in [1.165, 1.54) is 0 Å². The maximum atomic E-state index is 12.4. The summed E-state index contributed by atoms with van der Waals surface area (Å²) in [5.74, 6) is -0.0246. The van der Waals surface area contributed by atoms with Gasteiger partial charge in [-0.3, -0.25) is 9.48 Å². The number of nitrogen functional groups attached to an aromatic ring is 1. The minimum absolute atomic E-state index is 0.0246. The number of amides is 1. The molecule has 1 heterocycles. The molecule has 0 radical (unpaired) electrons. The van der Waals surface area contributed by atoms with Gasteiger partial charge in [0.2, 0.25) is 5.91 Å². The third kappa shape index (κ3) is 2.82. The van der Waals surface area contributed by atoms with Crippen LogP contribution in [-0.2, 0) is 23.8 Å². The van der Waals surface area contributed by atoms with Gasteiger partial charge < -0.3 is 11.1 Å². The van der Waals surface area contributed by atoms with Gasteiger partial charge in [0.25, 0.3) is 0 Å². The molecule has 0 aliphatic rings. The Morgan fingerprint density at radius 2 is 1.95 bits per heavy atom. The van der Waals surface area contributed by atoms with Crippen molar-refractivity contribution in [3.05, 3.63) is 47.8 Å². The lowest BCUT2D eigenvalue weighted by molar-refractivity contribution is -0.125. The first-order valence-corrected chi connectivity index (χ1v) is 6.52. The summed E-state index contributed by atoms with van der Waals surface area (Å²) in [5, 5.41) is 7.02. The zero-order chi connectivity index (χ0) is 14.8. The van der Waals surface area contributed by atoms with E-state index in [-0.39, 0.29) is 5.91 Å². The molecular formula is C15H20N4O. The number of anilines is 1. The monoisotopic (exact) mass is 272 g/mol. The number of nitrogens with two attached hydrogens (primary N) is 1. The fourth-order valence-corrected chi connectivity index (χ4v) is 2.00.